The number of hydrogen-bond donors (Lipinski definition) is 1. The van der Waals surface area contributed by atoms with E-state index in [2.05, 4.69) is 10.3 Å². The Morgan fingerprint density at radius 1 is 1.30 bits per heavy atom. The first kappa shape index (κ1) is 14.2. The van der Waals surface area contributed by atoms with Crippen molar-refractivity contribution in [3.63, 3.8) is 0 Å². The van der Waals surface area contributed by atoms with Gasteiger partial charge in [-0.25, -0.2) is 4.98 Å². The number of aromatic nitrogens is 1. The fourth-order valence-corrected chi connectivity index (χ4v) is 1.84. The smallest absolute Gasteiger partial charge is 0.283 e. The molecule has 6 nitrogen and oxygen atoms in total. The van der Waals surface area contributed by atoms with Crippen LogP contribution in [0.5, 0.6) is 0 Å². The maximum absolute atomic E-state index is 12.0. The second kappa shape index (κ2) is 5.85. The number of carbonyl (C=O) groups is 1. The van der Waals surface area contributed by atoms with Crippen molar-refractivity contribution < 1.29 is 9.72 Å². The van der Waals surface area contributed by atoms with E-state index < -0.39 is 10.8 Å². The summed E-state index contributed by atoms with van der Waals surface area (Å²) in [4.78, 5) is 26.2. The molecule has 0 atom stereocenters. The number of benzene rings is 1. The van der Waals surface area contributed by atoms with Gasteiger partial charge in [0.25, 0.3) is 11.6 Å². The van der Waals surface area contributed by atoms with Gasteiger partial charge in [-0.2, -0.15) is 0 Å². The lowest BCUT2D eigenvalue weighted by Crippen LogP contribution is -2.15. The molecule has 1 N–H and O–H groups in total. The van der Waals surface area contributed by atoms with Crippen molar-refractivity contribution in [2.24, 2.45) is 0 Å². The van der Waals surface area contributed by atoms with Crippen LogP contribution in [0.1, 0.15) is 10.4 Å². The van der Waals surface area contributed by atoms with Crippen molar-refractivity contribution in [2.75, 3.05) is 5.32 Å². The number of amides is 1. The summed E-state index contributed by atoms with van der Waals surface area (Å²) in [6.07, 6.45) is 1.44. The fraction of sp³-hybridized carbons (Fsp3) is 0. The second-order valence-corrected chi connectivity index (χ2v) is 4.55. The molecular formula is C12H7Cl2N3O3. The van der Waals surface area contributed by atoms with Crippen LogP contribution in [0.4, 0.5) is 11.5 Å². The number of nitro benzene ring substituents is 1. The van der Waals surface area contributed by atoms with Crippen molar-refractivity contribution in [1.29, 1.82) is 0 Å². The molecular weight excluding hydrogens is 305 g/mol. The van der Waals surface area contributed by atoms with Gasteiger partial charge in [-0.1, -0.05) is 23.2 Å². The largest absolute Gasteiger partial charge is 0.305 e. The van der Waals surface area contributed by atoms with Crippen LogP contribution in [0.15, 0.2) is 36.5 Å². The molecule has 0 saturated carbocycles. The second-order valence-electron chi connectivity index (χ2n) is 3.71. The number of pyridine rings is 1. The third kappa shape index (κ3) is 3.04. The number of rotatable bonds is 3. The molecule has 1 amide bonds. The van der Waals surface area contributed by atoms with Crippen LogP contribution in [0.2, 0.25) is 10.0 Å². The van der Waals surface area contributed by atoms with E-state index in [-0.39, 0.29) is 27.1 Å². The minimum atomic E-state index is -0.686. The fourth-order valence-electron chi connectivity index (χ4n) is 1.50. The molecule has 0 spiro atoms. The van der Waals surface area contributed by atoms with Crippen LogP contribution in [0.3, 0.4) is 0 Å². The van der Waals surface area contributed by atoms with Gasteiger partial charge in [0.2, 0.25) is 0 Å². The lowest BCUT2D eigenvalue weighted by atomic mass is 10.1. The zero-order valence-electron chi connectivity index (χ0n) is 9.84. The normalized spacial score (nSPS) is 10.1. The SMILES string of the molecule is O=C(Nc1ncccc1Cl)c1ccc(Cl)cc1[N+](=O)[O-]. The number of carbonyl (C=O) groups excluding carboxylic acids is 1. The predicted molar refractivity (Wildman–Crippen MR) is 75.3 cm³/mol. The highest BCUT2D eigenvalue weighted by Crippen LogP contribution is 2.25. The summed E-state index contributed by atoms with van der Waals surface area (Å²) in [6.45, 7) is 0. The summed E-state index contributed by atoms with van der Waals surface area (Å²) >= 11 is 11.5. The van der Waals surface area contributed by atoms with Crippen molar-refractivity contribution >= 4 is 40.6 Å². The highest BCUT2D eigenvalue weighted by atomic mass is 35.5. The summed E-state index contributed by atoms with van der Waals surface area (Å²) in [7, 11) is 0. The molecule has 0 bridgehead atoms. The standard InChI is InChI=1S/C12H7Cl2N3O3/c13-7-3-4-8(10(6-7)17(19)20)12(18)16-11-9(14)2-1-5-15-11/h1-6H,(H,15,16,18). The Morgan fingerprint density at radius 2 is 2.05 bits per heavy atom. The molecule has 0 radical (unpaired) electrons. The lowest BCUT2D eigenvalue weighted by Gasteiger charge is -2.06. The Hall–Kier alpha value is -2.18. The van der Waals surface area contributed by atoms with E-state index in [1.807, 2.05) is 0 Å². The number of nitro groups is 1. The Labute approximate surface area is 123 Å². The topological polar surface area (TPSA) is 85.1 Å². The van der Waals surface area contributed by atoms with Crippen molar-refractivity contribution in [3.05, 3.63) is 62.3 Å². The predicted octanol–water partition coefficient (Wildman–Crippen LogP) is 3.55. The number of anilines is 1. The monoisotopic (exact) mass is 311 g/mol. The molecule has 2 rings (SSSR count). The lowest BCUT2D eigenvalue weighted by molar-refractivity contribution is -0.385. The molecule has 0 saturated heterocycles. The van der Waals surface area contributed by atoms with Gasteiger partial charge in [0, 0.05) is 17.3 Å². The maximum atomic E-state index is 12.0. The average Bonchev–Trinajstić information content (AvgIpc) is 2.41. The molecule has 1 heterocycles. The molecule has 20 heavy (non-hydrogen) atoms. The van der Waals surface area contributed by atoms with E-state index in [0.29, 0.717) is 0 Å². The quantitative estimate of drug-likeness (QED) is 0.693. The van der Waals surface area contributed by atoms with Crippen LogP contribution in [0.25, 0.3) is 0 Å². The van der Waals surface area contributed by atoms with Gasteiger partial charge in [0.1, 0.15) is 5.56 Å². The van der Waals surface area contributed by atoms with Crippen LogP contribution in [0, 0.1) is 10.1 Å². The molecule has 0 fully saturated rings. The first-order valence-corrected chi connectivity index (χ1v) is 6.10. The Kier molecular flexibility index (Phi) is 4.16. The Balaban J connectivity index is 2.35. The van der Waals surface area contributed by atoms with Crippen LogP contribution >= 0.6 is 23.2 Å². The minimum absolute atomic E-state index is 0.124. The van der Waals surface area contributed by atoms with Gasteiger partial charge < -0.3 is 5.32 Å². The van der Waals surface area contributed by atoms with E-state index in [1.165, 1.54) is 18.3 Å². The van der Waals surface area contributed by atoms with E-state index in [1.54, 1.807) is 12.1 Å². The van der Waals surface area contributed by atoms with Gasteiger partial charge in [0.15, 0.2) is 5.82 Å². The molecule has 0 unspecified atom stereocenters. The molecule has 0 aliphatic heterocycles. The van der Waals surface area contributed by atoms with Crippen molar-refractivity contribution in [1.82, 2.24) is 4.98 Å². The zero-order chi connectivity index (χ0) is 14.7. The average molecular weight is 312 g/mol. The van der Waals surface area contributed by atoms with E-state index >= 15 is 0 Å². The summed E-state index contributed by atoms with van der Waals surface area (Å²) < 4.78 is 0. The van der Waals surface area contributed by atoms with Gasteiger partial charge >= 0.3 is 0 Å². The summed E-state index contributed by atoms with van der Waals surface area (Å²) in [5.74, 6) is -0.558. The Morgan fingerprint density at radius 3 is 2.70 bits per heavy atom. The molecule has 2 aromatic rings. The third-order valence-electron chi connectivity index (χ3n) is 2.39. The summed E-state index contributed by atoms with van der Waals surface area (Å²) in [5, 5.41) is 13.7. The van der Waals surface area contributed by atoms with E-state index in [4.69, 9.17) is 23.2 Å². The minimum Gasteiger partial charge on any atom is -0.305 e. The molecule has 8 heteroatoms. The van der Waals surface area contributed by atoms with Crippen LogP contribution in [-0.4, -0.2) is 15.8 Å². The maximum Gasteiger partial charge on any atom is 0.283 e. The van der Waals surface area contributed by atoms with Crippen molar-refractivity contribution in [3.8, 4) is 0 Å². The first-order chi connectivity index (χ1) is 9.49. The van der Waals surface area contributed by atoms with Crippen LogP contribution in [-0.2, 0) is 0 Å². The highest BCUT2D eigenvalue weighted by molar-refractivity contribution is 6.33. The molecule has 1 aromatic carbocycles. The number of nitrogens with one attached hydrogen (secondary N) is 1. The number of hydrogen-bond acceptors (Lipinski definition) is 4. The third-order valence-corrected chi connectivity index (χ3v) is 2.93. The summed E-state index contributed by atoms with van der Waals surface area (Å²) in [6, 6.07) is 6.91. The van der Waals surface area contributed by atoms with Gasteiger partial charge in [0.05, 0.1) is 9.95 Å². The van der Waals surface area contributed by atoms with Crippen LogP contribution < -0.4 is 5.32 Å². The van der Waals surface area contributed by atoms with Gasteiger partial charge in [-0.05, 0) is 24.3 Å². The first-order valence-electron chi connectivity index (χ1n) is 5.35. The Bertz CT molecular complexity index is 691. The number of nitrogens with zero attached hydrogens (tertiary/aromatic N) is 2. The van der Waals surface area contributed by atoms with E-state index in [0.717, 1.165) is 6.07 Å². The van der Waals surface area contributed by atoms with Crippen molar-refractivity contribution in [2.45, 2.75) is 0 Å². The summed E-state index contributed by atoms with van der Waals surface area (Å²) in [5.41, 5.74) is -0.511. The molecule has 102 valence electrons. The molecule has 0 aliphatic carbocycles. The van der Waals surface area contributed by atoms with Gasteiger partial charge in [-0.3, -0.25) is 14.9 Å². The zero-order valence-corrected chi connectivity index (χ0v) is 11.4. The molecule has 0 aliphatic rings. The highest BCUT2D eigenvalue weighted by Gasteiger charge is 2.21. The van der Waals surface area contributed by atoms with E-state index in [9.17, 15) is 14.9 Å². The number of halogens is 2. The molecule has 1 aromatic heterocycles. The van der Waals surface area contributed by atoms with Gasteiger partial charge in [-0.15, -0.1) is 0 Å².